The van der Waals surface area contributed by atoms with Gasteiger partial charge in [-0.1, -0.05) is 134 Å². The van der Waals surface area contributed by atoms with E-state index in [1.807, 2.05) is 0 Å². The van der Waals surface area contributed by atoms with Crippen LogP contribution >= 0.6 is 0 Å². The molecule has 2 nitrogen and oxygen atoms in total. The summed E-state index contributed by atoms with van der Waals surface area (Å²) in [6.45, 7) is 5.07. The van der Waals surface area contributed by atoms with Crippen LogP contribution in [0.1, 0.15) is 200 Å². The van der Waals surface area contributed by atoms with Gasteiger partial charge in [-0.3, -0.25) is 0 Å². The number of hydrogen-bond acceptors (Lipinski definition) is 2. The molecule has 2 aliphatic heterocycles. The lowest BCUT2D eigenvalue weighted by Gasteiger charge is -2.46. The Bertz CT molecular complexity index is 2400. The number of fused-ring (bicyclic) bond motifs is 8. The molecule has 3 heteroatoms. The monoisotopic (exact) mass is 849 g/mol. The molecule has 1 saturated carbocycles. The van der Waals surface area contributed by atoms with Crippen LogP contribution < -0.4 is 26.2 Å². The number of anilines is 5. The van der Waals surface area contributed by atoms with E-state index in [9.17, 15) is 0 Å². The summed E-state index contributed by atoms with van der Waals surface area (Å²) in [7, 11) is 0. The second-order valence-electron chi connectivity index (χ2n) is 22.0. The minimum Gasteiger partial charge on any atom is -0.312 e. The van der Waals surface area contributed by atoms with Crippen LogP contribution in [-0.2, 0) is 38.5 Å². The maximum atomic E-state index is 2.83. The summed E-state index contributed by atoms with van der Waals surface area (Å²) in [4.78, 5) is 5.63. The Morgan fingerprint density at radius 3 is 1.45 bits per heavy atom. The Hall–Kier alpha value is -3.98. The molecule has 334 valence electrons. The van der Waals surface area contributed by atoms with Crippen molar-refractivity contribution in [1.29, 1.82) is 0 Å². The number of hydrogen-bond donors (Lipinski definition) is 0. The molecule has 2 atom stereocenters. The van der Waals surface area contributed by atoms with E-state index in [-0.39, 0.29) is 6.71 Å². The number of allylic oxidation sites excluding steroid dienone is 3. The summed E-state index contributed by atoms with van der Waals surface area (Å²) in [6, 6.07) is 24.1. The van der Waals surface area contributed by atoms with Gasteiger partial charge in [0.2, 0.25) is 0 Å². The molecular formula is C61H77BN2. The quantitative estimate of drug-likeness (QED) is 0.167. The van der Waals surface area contributed by atoms with E-state index >= 15 is 0 Å². The van der Waals surface area contributed by atoms with Crippen LogP contribution in [0.2, 0.25) is 0 Å². The summed E-state index contributed by atoms with van der Waals surface area (Å²) >= 11 is 0. The van der Waals surface area contributed by atoms with E-state index in [4.69, 9.17) is 0 Å². The second kappa shape index (κ2) is 19.1. The zero-order valence-electron chi connectivity index (χ0n) is 39.9. The highest BCUT2D eigenvalue weighted by Crippen LogP contribution is 2.47. The minimum absolute atomic E-state index is 0.207. The zero-order valence-corrected chi connectivity index (χ0v) is 39.9. The van der Waals surface area contributed by atoms with Crippen LogP contribution in [0.4, 0.5) is 28.4 Å². The van der Waals surface area contributed by atoms with Crippen LogP contribution in [-0.4, -0.2) is 6.71 Å². The molecule has 64 heavy (non-hydrogen) atoms. The lowest BCUT2D eigenvalue weighted by atomic mass is 9.33. The van der Waals surface area contributed by atoms with E-state index in [0.29, 0.717) is 17.8 Å². The Morgan fingerprint density at radius 1 is 0.438 bits per heavy atom. The fourth-order valence-electron chi connectivity index (χ4n) is 13.6. The molecule has 0 radical (unpaired) electrons. The average Bonchev–Trinajstić information content (AvgIpc) is 3.63. The van der Waals surface area contributed by atoms with Crippen LogP contribution in [0.5, 0.6) is 0 Å². The Kier molecular flexibility index (Phi) is 12.7. The van der Waals surface area contributed by atoms with E-state index in [2.05, 4.69) is 96.5 Å². The molecule has 0 saturated heterocycles. The second-order valence-corrected chi connectivity index (χ2v) is 22.0. The zero-order chi connectivity index (χ0) is 43.0. The normalized spacial score (nSPS) is 22.7. The van der Waals surface area contributed by atoms with Crippen LogP contribution in [0, 0.1) is 11.8 Å². The molecule has 0 amide bonds. The van der Waals surface area contributed by atoms with Crippen molar-refractivity contribution in [2.24, 2.45) is 11.8 Å². The number of aryl methyl sites for hydroxylation is 6. The molecule has 4 aromatic rings. The van der Waals surface area contributed by atoms with Crippen molar-refractivity contribution < 1.29 is 0 Å². The first-order chi connectivity index (χ1) is 31.6. The topological polar surface area (TPSA) is 6.48 Å². The third-order valence-electron chi connectivity index (χ3n) is 17.3. The fraction of sp³-hybridized carbons (Fsp3) is 0.541. The number of rotatable bonds is 3. The van der Waals surface area contributed by atoms with Gasteiger partial charge in [0.05, 0.1) is 0 Å². The fourth-order valence-corrected chi connectivity index (χ4v) is 13.6. The summed E-state index contributed by atoms with van der Waals surface area (Å²) in [5, 5.41) is 0. The molecule has 4 aromatic carbocycles. The van der Waals surface area contributed by atoms with Crippen LogP contribution in [0.3, 0.4) is 0 Å². The highest BCUT2D eigenvalue weighted by atomic mass is 15.2. The van der Waals surface area contributed by atoms with Gasteiger partial charge >= 0.3 is 0 Å². The predicted molar refractivity (Wildman–Crippen MR) is 276 cm³/mol. The lowest BCUT2D eigenvalue weighted by Crippen LogP contribution is -2.62. The van der Waals surface area contributed by atoms with Crippen molar-refractivity contribution in [2.75, 3.05) is 9.80 Å². The number of nitrogens with zero attached hydrogens (tertiary/aromatic N) is 2. The SMILES string of the molecule is CC(C)c1cc2c3c(c1)N(c1ccc4c(c1)CCCCCCC4)c1cc4c(cc1B3c1cc3c(cc1N2C1=CC2CCCCCCCC2C=C1)CCCCCCC3)CCCCCCC4. The average molecular weight is 849 g/mol. The molecule has 0 N–H and O–H groups in total. The van der Waals surface area contributed by atoms with Gasteiger partial charge in [0.25, 0.3) is 6.71 Å². The van der Waals surface area contributed by atoms with Crippen molar-refractivity contribution in [3.63, 3.8) is 0 Å². The first-order valence-corrected chi connectivity index (χ1v) is 27.2. The summed E-state index contributed by atoms with van der Waals surface area (Å²) in [5.74, 6) is 1.70. The van der Waals surface area contributed by atoms with Crippen LogP contribution in [0.25, 0.3) is 0 Å². The summed E-state index contributed by atoms with van der Waals surface area (Å²) in [6.07, 6.45) is 45.1. The molecule has 5 aliphatic carbocycles. The van der Waals surface area contributed by atoms with E-state index in [1.165, 1.54) is 219 Å². The molecule has 0 bridgehead atoms. The Morgan fingerprint density at radius 2 is 0.891 bits per heavy atom. The maximum Gasteiger partial charge on any atom is 0.252 e. The predicted octanol–water partition coefficient (Wildman–Crippen LogP) is 15.1. The minimum atomic E-state index is 0.207. The van der Waals surface area contributed by atoms with Crippen molar-refractivity contribution in [2.45, 2.75) is 200 Å². The summed E-state index contributed by atoms with van der Waals surface area (Å²) < 4.78 is 0. The third-order valence-corrected chi connectivity index (χ3v) is 17.3. The Labute approximate surface area is 388 Å². The van der Waals surface area contributed by atoms with Gasteiger partial charge in [0.1, 0.15) is 0 Å². The summed E-state index contributed by atoms with van der Waals surface area (Å²) in [5.41, 5.74) is 24.4. The standard InChI is InChI=1S/C61H77BN2/c1-43(2)52-41-59-61-60(42-52)64(54-34-32-45-24-16-8-4-10-18-26-47(45)36-54)58-40-51-30-22-14-6-12-20-28-49(51)38-56(58)62(61)55-37-48-27-19-11-5-13-21-29-50(48)39-57(55)63(59)53-33-31-44-23-15-7-3-9-17-25-46(44)35-53/h31-44,46H,3-30H2,1-2H3. The van der Waals surface area contributed by atoms with Gasteiger partial charge in [-0.05, 0) is 205 Å². The highest BCUT2D eigenvalue weighted by molar-refractivity contribution is 7.00. The molecule has 2 unspecified atom stereocenters. The lowest BCUT2D eigenvalue weighted by molar-refractivity contribution is 0.406. The van der Waals surface area contributed by atoms with Crippen molar-refractivity contribution in [1.82, 2.24) is 0 Å². The van der Waals surface area contributed by atoms with E-state index in [0.717, 1.165) is 0 Å². The maximum absolute atomic E-state index is 2.83. The highest BCUT2D eigenvalue weighted by Gasteiger charge is 2.45. The van der Waals surface area contributed by atoms with Gasteiger partial charge in [0, 0.05) is 34.1 Å². The van der Waals surface area contributed by atoms with Crippen molar-refractivity contribution in [3.05, 3.63) is 117 Å². The molecule has 0 aromatic heterocycles. The van der Waals surface area contributed by atoms with Gasteiger partial charge in [-0.2, -0.15) is 0 Å². The molecule has 1 fully saturated rings. The smallest absolute Gasteiger partial charge is 0.252 e. The van der Waals surface area contributed by atoms with Crippen molar-refractivity contribution >= 4 is 51.5 Å². The first-order valence-electron chi connectivity index (χ1n) is 27.2. The third kappa shape index (κ3) is 8.38. The molecule has 0 spiro atoms. The van der Waals surface area contributed by atoms with Gasteiger partial charge in [-0.15, -0.1) is 0 Å². The largest absolute Gasteiger partial charge is 0.312 e. The first kappa shape index (κ1) is 42.6. The van der Waals surface area contributed by atoms with Crippen LogP contribution in [0.15, 0.2) is 78.5 Å². The molecule has 11 rings (SSSR count). The molecule has 7 aliphatic rings. The molecular weight excluding hydrogens is 771 g/mol. The number of benzene rings is 4. The van der Waals surface area contributed by atoms with E-state index in [1.54, 1.807) is 49.8 Å². The molecule has 2 heterocycles. The van der Waals surface area contributed by atoms with E-state index < -0.39 is 0 Å². The van der Waals surface area contributed by atoms with Gasteiger partial charge < -0.3 is 9.80 Å². The van der Waals surface area contributed by atoms with Crippen molar-refractivity contribution in [3.8, 4) is 0 Å². The Balaban J connectivity index is 1.18. The van der Waals surface area contributed by atoms with Gasteiger partial charge in [-0.25, -0.2) is 0 Å². The van der Waals surface area contributed by atoms with Gasteiger partial charge in [0.15, 0.2) is 0 Å².